The summed E-state index contributed by atoms with van der Waals surface area (Å²) in [7, 11) is -1.38. The van der Waals surface area contributed by atoms with Crippen molar-refractivity contribution in [1.29, 1.82) is 0 Å². The van der Waals surface area contributed by atoms with Crippen LogP contribution in [0, 0.1) is 0 Å². The molecule has 0 aromatic heterocycles. The maximum absolute atomic E-state index is 12.6. The summed E-state index contributed by atoms with van der Waals surface area (Å²) in [6, 6.07) is 11.1. The van der Waals surface area contributed by atoms with Crippen molar-refractivity contribution in [3.8, 4) is 0 Å². The first-order valence-corrected chi connectivity index (χ1v) is 9.21. The summed E-state index contributed by atoms with van der Waals surface area (Å²) in [4.78, 5) is 24.3. The monoisotopic (exact) mass is 398 g/mol. The summed E-state index contributed by atoms with van der Waals surface area (Å²) in [5.74, 6) is -1.47. The van der Waals surface area contributed by atoms with Crippen LogP contribution in [-0.2, 0) is 21.8 Å². The summed E-state index contributed by atoms with van der Waals surface area (Å²) >= 11 is 0. The van der Waals surface area contributed by atoms with E-state index in [1.165, 1.54) is 0 Å². The number of amides is 2. The molecule has 2 amide bonds. The van der Waals surface area contributed by atoms with E-state index in [1.54, 1.807) is 30.3 Å². The summed E-state index contributed by atoms with van der Waals surface area (Å²) in [6.07, 6.45) is -4.48. The van der Waals surface area contributed by atoms with Crippen molar-refractivity contribution in [3.63, 3.8) is 0 Å². The Balaban J connectivity index is 2.00. The first-order valence-electron chi connectivity index (χ1n) is 7.89. The third-order valence-electron chi connectivity index (χ3n) is 3.72. The Morgan fingerprint density at radius 3 is 2.15 bits per heavy atom. The van der Waals surface area contributed by atoms with Crippen molar-refractivity contribution in [2.75, 3.05) is 5.75 Å². The van der Waals surface area contributed by atoms with Gasteiger partial charge >= 0.3 is 6.18 Å². The van der Waals surface area contributed by atoms with E-state index >= 15 is 0 Å². The normalized spacial score (nSPS) is 13.6. The molecule has 3 N–H and O–H groups in total. The third kappa shape index (κ3) is 5.92. The van der Waals surface area contributed by atoms with Gasteiger partial charge in [-0.1, -0.05) is 18.2 Å². The number of hydrogen-bond donors (Lipinski definition) is 2. The van der Waals surface area contributed by atoms with Crippen molar-refractivity contribution in [1.82, 2.24) is 5.32 Å². The SMILES string of the molecule is NC(=O)[C@@H](CC[S@](=O)c1ccccc1)NC(=O)c1ccc(C(F)(F)F)cc1. The van der Waals surface area contributed by atoms with Crippen LogP contribution in [0.5, 0.6) is 0 Å². The van der Waals surface area contributed by atoms with E-state index in [1.807, 2.05) is 0 Å². The highest BCUT2D eigenvalue weighted by atomic mass is 32.2. The van der Waals surface area contributed by atoms with Crippen LogP contribution in [0.4, 0.5) is 13.2 Å². The van der Waals surface area contributed by atoms with E-state index in [-0.39, 0.29) is 17.7 Å². The number of hydrogen-bond acceptors (Lipinski definition) is 3. The van der Waals surface area contributed by atoms with Crippen LogP contribution in [0.2, 0.25) is 0 Å². The zero-order chi connectivity index (χ0) is 20.0. The van der Waals surface area contributed by atoms with Gasteiger partial charge < -0.3 is 11.1 Å². The fraction of sp³-hybridized carbons (Fsp3) is 0.222. The standard InChI is InChI=1S/C18H17F3N2O3S/c19-18(20,21)13-8-6-12(7-9-13)17(25)23-15(16(22)24)10-11-27(26)14-4-2-1-3-5-14/h1-9,15H,10-11H2,(H2,22,24)(H,23,25)/t15-,27+/m1/s1. The Kier molecular flexibility index (Phi) is 6.73. The summed E-state index contributed by atoms with van der Waals surface area (Å²) in [5.41, 5.74) is 4.34. The lowest BCUT2D eigenvalue weighted by molar-refractivity contribution is -0.137. The quantitative estimate of drug-likeness (QED) is 0.751. The number of halogens is 3. The lowest BCUT2D eigenvalue weighted by Gasteiger charge is -2.15. The van der Waals surface area contributed by atoms with Crippen molar-refractivity contribution in [3.05, 3.63) is 65.7 Å². The number of primary amides is 1. The first kappa shape index (κ1) is 20.6. The number of carbonyl (C=O) groups excluding carboxylic acids is 2. The van der Waals surface area contributed by atoms with E-state index < -0.39 is 40.4 Å². The van der Waals surface area contributed by atoms with Gasteiger partial charge in [-0.25, -0.2) is 0 Å². The van der Waals surface area contributed by atoms with E-state index in [0.717, 1.165) is 24.3 Å². The molecular formula is C18H17F3N2O3S. The fourth-order valence-electron chi connectivity index (χ4n) is 2.25. The van der Waals surface area contributed by atoms with Crippen LogP contribution in [0.25, 0.3) is 0 Å². The molecule has 0 fully saturated rings. The molecule has 2 aromatic rings. The molecule has 0 heterocycles. The van der Waals surface area contributed by atoms with Crippen molar-refractivity contribution >= 4 is 22.6 Å². The van der Waals surface area contributed by atoms with Gasteiger partial charge in [0.05, 0.1) is 16.4 Å². The number of nitrogens with two attached hydrogens (primary N) is 1. The number of alkyl halides is 3. The van der Waals surface area contributed by atoms with Crippen molar-refractivity contribution < 1.29 is 27.0 Å². The fourth-order valence-corrected chi connectivity index (χ4v) is 3.40. The van der Waals surface area contributed by atoms with Gasteiger partial charge in [0.15, 0.2) is 0 Å². The second-order valence-corrected chi connectivity index (χ2v) is 7.23. The second-order valence-electron chi connectivity index (χ2n) is 5.65. The molecule has 9 heteroatoms. The van der Waals surface area contributed by atoms with Gasteiger partial charge in [-0.15, -0.1) is 0 Å². The predicted octanol–water partition coefficient (Wildman–Crippen LogP) is 2.49. The Bertz CT molecular complexity index is 824. The lowest BCUT2D eigenvalue weighted by atomic mass is 10.1. The molecule has 5 nitrogen and oxygen atoms in total. The van der Waals surface area contributed by atoms with Crippen LogP contribution in [0.3, 0.4) is 0 Å². The van der Waals surface area contributed by atoms with E-state index in [0.29, 0.717) is 4.90 Å². The van der Waals surface area contributed by atoms with Crippen LogP contribution in [-0.4, -0.2) is 27.8 Å². The molecule has 0 bridgehead atoms. The zero-order valence-electron chi connectivity index (χ0n) is 14.0. The first-order chi connectivity index (χ1) is 12.7. The molecule has 0 saturated carbocycles. The van der Waals surface area contributed by atoms with E-state index in [4.69, 9.17) is 5.73 Å². The summed E-state index contributed by atoms with van der Waals surface area (Å²) in [5, 5.41) is 2.37. The third-order valence-corrected chi connectivity index (χ3v) is 5.13. The van der Waals surface area contributed by atoms with Gasteiger partial charge in [-0.3, -0.25) is 13.8 Å². The van der Waals surface area contributed by atoms with E-state index in [9.17, 15) is 27.0 Å². The molecule has 2 atom stereocenters. The number of rotatable bonds is 7. The molecule has 0 saturated heterocycles. The smallest absolute Gasteiger partial charge is 0.368 e. The number of benzene rings is 2. The molecule has 0 aliphatic carbocycles. The highest BCUT2D eigenvalue weighted by Gasteiger charge is 2.30. The molecular weight excluding hydrogens is 381 g/mol. The number of carbonyl (C=O) groups is 2. The molecule has 0 spiro atoms. The summed E-state index contributed by atoms with van der Waals surface area (Å²) < 4.78 is 49.9. The van der Waals surface area contributed by atoms with Gasteiger partial charge in [0.2, 0.25) is 5.91 Å². The van der Waals surface area contributed by atoms with Crippen molar-refractivity contribution in [2.24, 2.45) is 5.73 Å². The average molecular weight is 398 g/mol. The highest BCUT2D eigenvalue weighted by molar-refractivity contribution is 7.85. The molecule has 0 unspecified atom stereocenters. The van der Waals surface area contributed by atoms with E-state index in [2.05, 4.69) is 5.32 Å². The molecule has 27 heavy (non-hydrogen) atoms. The Hall–Kier alpha value is -2.68. The van der Waals surface area contributed by atoms with Crippen LogP contribution < -0.4 is 11.1 Å². The van der Waals surface area contributed by atoms with Gasteiger partial charge in [0.25, 0.3) is 5.91 Å². The average Bonchev–Trinajstić information content (AvgIpc) is 2.64. The minimum atomic E-state index is -4.51. The van der Waals surface area contributed by atoms with Gasteiger partial charge in [0, 0.05) is 16.2 Å². The minimum absolute atomic E-state index is 0.0310. The van der Waals surface area contributed by atoms with Gasteiger partial charge in [-0.05, 0) is 42.8 Å². The predicted molar refractivity (Wildman–Crippen MR) is 94.2 cm³/mol. The van der Waals surface area contributed by atoms with Crippen LogP contribution in [0.1, 0.15) is 22.3 Å². The molecule has 0 aliphatic heterocycles. The van der Waals surface area contributed by atoms with Crippen LogP contribution >= 0.6 is 0 Å². The second kappa shape index (κ2) is 8.81. The van der Waals surface area contributed by atoms with Crippen molar-refractivity contribution in [2.45, 2.75) is 23.5 Å². The van der Waals surface area contributed by atoms with Crippen LogP contribution in [0.15, 0.2) is 59.5 Å². The lowest BCUT2D eigenvalue weighted by Crippen LogP contribution is -2.45. The topological polar surface area (TPSA) is 89.3 Å². The number of nitrogens with one attached hydrogen (secondary N) is 1. The Morgan fingerprint density at radius 1 is 1.04 bits per heavy atom. The highest BCUT2D eigenvalue weighted by Crippen LogP contribution is 2.29. The molecule has 2 aromatic carbocycles. The minimum Gasteiger partial charge on any atom is -0.368 e. The maximum Gasteiger partial charge on any atom is 0.416 e. The summed E-state index contributed by atoms with van der Waals surface area (Å²) in [6.45, 7) is 0. The Labute approximate surface area is 156 Å². The van der Waals surface area contributed by atoms with Gasteiger partial charge in [-0.2, -0.15) is 13.2 Å². The zero-order valence-corrected chi connectivity index (χ0v) is 14.8. The largest absolute Gasteiger partial charge is 0.416 e. The maximum atomic E-state index is 12.6. The molecule has 144 valence electrons. The molecule has 0 aliphatic rings. The molecule has 2 rings (SSSR count). The van der Waals surface area contributed by atoms with Gasteiger partial charge in [0.1, 0.15) is 6.04 Å². The Morgan fingerprint density at radius 2 is 1.63 bits per heavy atom. The molecule has 0 radical (unpaired) electrons.